The van der Waals surface area contributed by atoms with Gasteiger partial charge in [-0.1, -0.05) is 23.9 Å². The highest BCUT2D eigenvalue weighted by Gasteiger charge is 2.25. The van der Waals surface area contributed by atoms with E-state index in [1.807, 2.05) is 12.1 Å². The molecule has 3 rings (SSSR count). The zero-order chi connectivity index (χ0) is 15.7. The van der Waals surface area contributed by atoms with Crippen LogP contribution in [0, 0.1) is 0 Å². The van der Waals surface area contributed by atoms with Crippen molar-refractivity contribution in [3.63, 3.8) is 0 Å². The Balaban J connectivity index is 2.06. The monoisotopic (exact) mass is 312 g/mol. The van der Waals surface area contributed by atoms with Gasteiger partial charge in [0.15, 0.2) is 0 Å². The molecule has 2 aromatic carbocycles. The minimum atomic E-state index is 0.426. The van der Waals surface area contributed by atoms with E-state index < -0.39 is 0 Å². The first kappa shape index (κ1) is 15.1. The quantitative estimate of drug-likeness (QED) is 0.795. The summed E-state index contributed by atoms with van der Waals surface area (Å²) in [6, 6.07) is 14.8. The molecular formula is C18H20N2OS. The van der Waals surface area contributed by atoms with Crippen molar-refractivity contribution < 1.29 is 4.79 Å². The third-order valence-corrected chi connectivity index (χ3v) is 5.23. The Bertz CT molecular complexity index is 699. The summed E-state index contributed by atoms with van der Waals surface area (Å²) in [5, 5.41) is 0. The van der Waals surface area contributed by atoms with E-state index in [0.29, 0.717) is 6.04 Å². The van der Waals surface area contributed by atoms with Crippen molar-refractivity contribution in [1.82, 2.24) is 4.90 Å². The van der Waals surface area contributed by atoms with Crippen molar-refractivity contribution in [3.05, 3.63) is 48.0 Å². The van der Waals surface area contributed by atoms with Gasteiger partial charge in [0, 0.05) is 27.9 Å². The smallest absolute Gasteiger partial charge is 0.150 e. The Labute approximate surface area is 135 Å². The van der Waals surface area contributed by atoms with Crippen LogP contribution < -0.4 is 4.90 Å². The fraction of sp³-hybridized carbons (Fsp3) is 0.278. The van der Waals surface area contributed by atoms with Gasteiger partial charge in [-0.05, 0) is 51.4 Å². The molecule has 0 fully saturated rings. The largest absolute Gasteiger partial charge is 0.338 e. The molecule has 1 atom stereocenters. The summed E-state index contributed by atoms with van der Waals surface area (Å²) in [4.78, 5) is 18.0. The highest BCUT2D eigenvalue weighted by atomic mass is 32.2. The fourth-order valence-corrected chi connectivity index (χ4v) is 3.69. The number of fused-ring (bicyclic) bond motifs is 2. The van der Waals surface area contributed by atoms with E-state index in [1.54, 1.807) is 11.8 Å². The number of carbonyl (C=O) groups is 1. The van der Waals surface area contributed by atoms with E-state index in [9.17, 15) is 4.79 Å². The van der Waals surface area contributed by atoms with Gasteiger partial charge in [-0.2, -0.15) is 0 Å². The highest BCUT2D eigenvalue weighted by molar-refractivity contribution is 7.99. The summed E-state index contributed by atoms with van der Waals surface area (Å²) >= 11 is 1.74. The van der Waals surface area contributed by atoms with E-state index in [2.05, 4.69) is 61.2 Å². The number of anilines is 2. The first-order valence-electron chi connectivity index (χ1n) is 7.40. The summed E-state index contributed by atoms with van der Waals surface area (Å²) in [6.07, 6.45) is 0.911. The topological polar surface area (TPSA) is 23.6 Å². The number of para-hydroxylation sites is 1. The molecule has 1 unspecified atom stereocenters. The average molecular weight is 312 g/mol. The van der Waals surface area contributed by atoms with Crippen LogP contribution in [0.2, 0.25) is 0 Å². The molecule has 0 N–H and O–H groups in total. The lowest BCUT2D eigenvalue weighted by Gasteiger charge is -2.36. The summed E-state index contributed by atoms with van der Waals surface area (Å²) in [5.41, 5.74) is 3.15. The van der Waals surface area contributed by atoms with E-state index in [1.165, 1.54) is 16.3 Å². The predicted octanol–water partition coefficient (Wildman–Crippen LogP) is 4.05. The van der Waals surface area contributed by atoms with Crippen molar-refractivity contribution in [3.8, 4) is 0 Å². The molecule has 114 valence electrons. The SMILES string of the molecule is CC(CN1c2ccccc2Sc2cc(C=O)ccc21)N(C)C. The first-order valence-corrected chi connectivity index (χ1v) is 8.22. The molecule has 1 heterocycles. The van der Waals surface area contributed by atoms with Gasteiger partial charge in [0.2, 0.25) is 0 Å². The van der Waals surface area contributed by atoms with Crippen LogP contribution in [0.15, 0.2) is 52.3 Å². The molecule has 0 spiro atoms. The van der Waals surface area contributed by atoms with Crippen LogP contribution in [0.1, 0.15) is 17.3 Å². The zero-order valence-electron chi connectivity index (χ0n) is 13.1. The van der Waals surface area contributed by atoms with Crippen molar-refractivity contribution in [1.29, 1.82) is 0 Å². The van der Waals surface area contributed by atoms with Crippen LogP contribution >= 0.6 is 11.8 Å². The Kier molecular flexibility index (Phi) is 4.23. The van der Waals surface area contributed by atoms with Gasteiger partial charge >= 0.3 is 0 Å². The summed E-state index contributed by atoms with van der Waals surface area (Å²) < 4.78 is 0. The minimum Gasteiger partial charge on any atom is -0.338 e. The Morgan fingerprint density at radius 1 is 1.14 bits per heavy atom. The van der Waals surface area contributed by atoms with Crippen LogP contribution in [-0.2, 0) is 0 Å². The van der Waals surface area contributed by atoms with Crippen LogP contribution in [0.25, 0.3) is 0 Å². The summed E-state index contributed by atoms with van der Waals surface area (Å²) in [7, 11) is 4.21. The molecule has 0 aromatic heterocycles. The molecule has 0 saturated heterocycles. The van der Waals surface area contributed by atoms with Crippen LogP contribution in [0.5, 0.6) is 0 Å². The number of carbonyl (C=O) groups excluding carboxylic acids is 1. The Morgan fingerprint density at radius 3 is 2.59 bits per heavy atom. The standard InChI is InChI=1S/C18H20N2OS/c1-13(19(2)3)11-20-15-6-4-5-7-17(15)22-18-10-14(12-21)8-9-16(18)20/h4-10,12-13H,11H2,1-3H3. The van der Waals surface area contributed by atoms with Gasteiger partial charge in [0.1, 0.15) is 6.29 Å². The maximum atomic E-state index is 11.1. The van der Waals surface area contributed by atoms with Crippen molar-refractivity contribution in [2.45, 2.75) is 22.8 Å². The molecule has 2 aromatic rings. The molecule has 4 heteroatoms. The molecule has 1 aliphatic rings. The maximum absolute atomic E-state index is 11.1. The third-order valence-electron chi connectivity index (χ3n) is 4.12. The molecule has 3 nitrogen and oxygen atoms in total. The van der Waals surface area contributed by atoms with Crippen LogP contribution in [0.4, 0.5) is 11.4 Å². The van der Waals surface area contributed by atoms with Gasteiger partial charge in [-0.15, -0.1) is 0 Å². The van der Waals surface area contributed by atoms with Gasteiger partial charge in [0.25, 0.3) is 0 Å². The molecule has 1 aliphatic heterocycles. The number of rotatable bonds is 4. The van der Waals surface area contributed by atoms with Crippen molar-refractivity contribution >= 4 is 29.4 Å². The van der Waals surface area contributed by atoms with Crippen molar-refractivity contribution in [2.24, 2.45) is 0 Å². The molecular weight excluding hydrogens is 292 g/mol. The molecule has 22 heavy (non-hydrogen) atoms. The first-order chi connectivity index (χ1) is 10.6. The van der Waals surface area contributed by atoms with E-state index >= 15 is 0 Å². The number of nitrogens with zero attached hydrogens (tertiary/aromatic N) is 2. The Morgan fingerprint density at radius 2 is 1.86 bits per heavy atom. The van der Waals surface area contributed by atoms with Crippen molar-refractivity contribution in [2.75, 3.05) is 25.5 Å². The molecule has 0 aliphatic carbocycles. The molecule has 0 amide bonds. The number of likely N-dealkylation sites (N-methyl/N-ethyl adjacent to an activating group) is 1. The van der Waals surface area contributed by atoms with Gasteiger partial charge < -0.3 is 9.80 Å². The second-order valence-electron chi connectivity index (χ2n) is 5.84. The second kappa shape index (κ2) is 6.15. The third kappa shape index (κ3) is 2.76. The summed E-state index contributed by atoms with van der Waals surface area (Å²) in [5.74, 6) is 0. The van der Waals surface area contributed by atoms with Gasteiger partial charge in [-0.3, -0.25) is 4.79 Å². The van der Waals surface area contributed by atoms with Gasteiger partial charge in [-0.25, -0.2) is 0 Å². The zero-order valence-corrected chi connectivity index (χ0v) is 13.9. The maximum Gasteiger partial charge on any atom is 0.150 e. The van der Waals surface area contributed by atoms with E-state index in [4.69, 9.17) is 0 Å². The number of benzene rings is 2. The van der Waals surface area contributed by atoms with Gasteiger partial charge in [0.05, 0.1) is 11.4 Å². The number of hydrogen-bond acceptors (Lipinski definition) is 4. The highest BCUT2D eigenvalue weighted by Crippen LogP contribution is 2.48. The minimum absolute atomic E-state index is 0.426. The van der Waals surface area contributed by atoms with Crippen LogP contribution in [0.3, 0.4) is 0 Å². The second-order valence-corrected chi connectivity index (χ2v) is 6.92. The lowest BCUT2D eigenvalue weighted by molar-refractivity contribution is 0.112. The Hall–Kier alpha value is -1.78. The predicted molar refractivity (Wildman–Crippen MR) is 92.5 cm³/mol. The number of aldehydes is 1. The normalized spacial score (nSPS) is 14.5. The van der Waals surface area contributed by atoms with Crippen LogP contribution in [-0.4, -0.2) is 37.9 Å². The molecule has 0 saturated carbocycles. The van der Waals surface area contributed by atoms with E-state index in [-0.39, 0.29) is 0 Å². The molecule has 0 radical (unpaired) electrons. The number of hydrogen-bond donors (Lipinski definition) is 0. The van der Waals surface area contributed by atoms with E-state index in [0.717, 1.165) is 23.3 Å². The molecule has 0 bridgehead atoms. The fourth-order valence-electron chi connectivity index (χ4n) is 2.55. The average Bonchev–Trinajstić information content (AvgIpc) is 2.53. The lowest BCUT2D eigenvalue weighted by atomic mass is 10.1. The lowest BCUT2D eigenvalue weighted by Crippen LogP contribution is -2.37. The summed E-state index contributed by atoms with van der Waals surface area (Å²) in [6.45, 7) is 3.14.